The highest BCUT2D eigenvalue weighted by Gasteiger charge is 2.19. The lowest BCUT2D eigenvalue weighted by molar-refractivity contribution is 0.210. The van der Waals surface area contributed by atoms with Crippen LogP contribution in [0, 0.1) is 13.8 Å². The molecule has 0 fully saturated rings. The van der Waals surface area contributed by atoms with Gasteiger partial charge in [0.1, 0.15) is 11.4 Å². The van der Waals surface area contributed by atoms with Gasteiger partial charge in [-0.3, -0.25) is 4.57 Å². The monoisotopic (exact) mass is 419 g/mol. The summed E-state index contributed by atoms with van der Waals surface area (Å²) in [6.07, 6.45) is 5.66. The van der Waals surface area contributed by atoms with E-state index in [4.69, 9.17) is 4.74 Å². The number of thioether (sulfide) groups is 1. The summed E-state index contributed by atoms with van der Waals surface area (Å²) in [6, 6.07) is 12.1. The summed E-state index contributed by atoms with van der Waals surface area (Å²) >= 11 is 1.61. The average molecular weight is 420 g/mol. The van der Waals surface area contributed by atoms with Crippen LogP contribution < -0.4 is 4.74 Å². The highest BCUT2D eigenvalue weighted by atomic mass is 32.2. The quantitative estimate of drug-likeness (QED) is 0.292. The zero-order valence-corrected chi connectivity index (χ0v) is 18.3. The first-order chi connectivity index (χ1) is 14.5. The van der Waals surface area contributed by atoms with Crippen LogP contribution >= 0.6 is 11.8 Å². The number of ether oxygens (including phenoxy) is 1. The van der Waals surface area contributed by atoms with Gasteiger partial charge in [-0.2, -0.15) is 0 Å². The van der Waals surface area contributed by atoms with Crippen molar-refractivity contribution < 1.29 is 4.74 Å². The number of aryl methyl sites for hydroxylation is 2. The minimum Gasteiger partial charge on any atom is -0.483 e. The van der Waals surface area contributed by atoms with Gasteiger partial charge in [0, 0.05) is 24.7 Å². The Kier molecular flexibility index (Phi) is 5.90. The number of pyridine rings is 1. The van der Waals surface area contributed by atoms with Crippen LogP contribution in [0.3, 0.4) is 0 Å². The topological polar surface area (TPSA) is 57.2 Å². The number of allylic oxidation sites excluding steroid dienone is 1. The van der Waals surface area contributed by atoms with E-state index in [-0.39, 0.29) is 6.10 Å². The summed E-state index contributed by atoms with van der Waals surface area (Å²) in [5.74, 6) is 2.33. The fraction of sp³-hybridized carbons (Fsp3) is 0.261. The van der Waals surface area contributed by atoms with Crippen LogP contribution in [0.1, 0.15) is 35.7 Å². The number of hydrogen-bond donors (Lipinski definition) is 0. The third-order valence-corrected chi connectivity index (χ3v) is 5.98. The second kappa shape index (κ2) is 8.75. The third-order valence-electron chi connectivity index (χ3n) is 4.98. The van der Waals surface area contributed by atoms with E-state index in [2.05, 4.69) is 52.3 Å². The number of hydrogen-bond acceptors (Lipinski definition) is 5. The lowest BCUT2D eigenvalue weighted by Gasteiger charge is -2.16. The van der Waals surface area contributed by atoms with Gasteiger partial charge >= 0.3 is 0 Å². The lowest BCUT2D eigenvalue weighted by atomic mass is 10.1. The van der Waals surface area contributed by atoms with Crippen molar-refractivity contribution in [2.24, 2.45) is 0 Å². The van der Waals surface area contributed by atoms with Crippen molar-refractivity contribution >= 4 is 17.4 Å². The van der Waals surface area contributed by atoms with Gasteiger partial charge in [-0.25, -0.2) is 4.98 Å². The Morgan fingerprint density at radius 3 is 2.80 bits per heavy atom. The van der Waals surface area contributed by atoms with E-state index in [1.807, 2.05) is 54.1 Å². The molecule has 7 heteroatoms. The van der Waals surface area contributed by atoms with Crippen molar-refractivity contribution in [1.82, 2.24) is 24.1 Å². The predicted octanol–water partition coefficient (Wildman–Crippen LogP) is 5.16. The Morgan fingerprint density at radius 1 is 1.17 bits per heavy atom. The van der Waals surface area contributed by atoms with Crippen molar-refractivity contribution in [3.05, 3.63) is 84.1 Å². The second-order valence-electron chi connectivity index (χ2n) is 7.23. The molecule has 0 bridgehead atoms. The van der Waals surface area contributed by atoms with Crippen molar-refractivity contribution in [2.45, 2.75) is 44.3 Å². The molecule has 6 nitrogen and oxygen atoms in total. The van der Waals surface area contributed by atoms with Gasteiger partial charge in [0.2, 0.25) is 0 Å². The molecule has 154 valence electrons. The fourth-order valence-electron chi connectivity index (χ4n) is 3.25. The van der Waals surface area contributed by atoms with Gasteiger partial charge in [-0.05, 0) is 56.2 Å². The van der Waals surface area contributed by atoms with Gasteiger partial charge < -0.3 is 9.14 Å². The maximum atomic E-state index is 6.16. The molecule has 3 heterocycles. The summed E-state index contributed by atoms with van der Waals surface area (Å²) in [5.41, 5.74) is 4.39. The molecule has 0 aliphatic carbocycles. The number of nitrogens with zero attached hydrogens (tertiary/aromatic N) is 5. The SMILES string of the molecule is C=CCn1c(SCc2cn3ccccc3n2)nnc1C(C)Oc1ccc(C)c(C)c1. The van der Waals surface area contributed by atoms with E-state index in [0.717, 1.165) is 28.1 Å². The summed E-state index contributed by atoms with van der Waals surface area (Å²) in [6.45, 7) is 10.7. The van der Waals surface area contributed by atoms with Gasteiger partial charge in [-0.1, -0.05) is 30.0 Å². The molecule has 0 spiro atoms. The summed E-state index contributed by atoms with van der Waals surface area (Å²) < 4.78 is 10.2. The molecule has 0 N–H and O–H groups in total. The molecule has 0 saturated heterocycles. The Labute approximate surface area is 180 Å². The number of imidazole rings is 1. The van der Waals surface area contributed by atoms with E-state index < -0.39 is 0 Å². The van der Waals surface area contributed by atoms with Crippen LogP contribution in [-0.4, -0.2) is 24.1 Å². The maximum Gasteiger partial charge on any atom is 0.192 e. The Balaban J connectivity index is 1.51. The zero-order valence-electron chi connectivity index (χ0n) is 17.4. The minimum absolute atomic E-state index is 0.232. The van der Waals surface area contributed by atoms with Gasteiger partial charge in [0.05, 0.1) is 5.69 Å². The third kappa shape index (κ3) is 4.26. The van der Waals surface area contributed by atoms with E-state index in [9.17, 15) is 0 Å². The summed E-state index contributed by atoms with van der Waals surface area (Å²) in [4.78, 5) is 4.66. The molecule has 0 aliphatic heterocycles. The second-order valence-corrected chi connectivity index (χ2v) is 8.18. The molecule has 1 atom stereocenters. The molecular weight excluding hydrogens is 394 g/mol. The largest absolute Gasteiger partial charge is 0.483 e. The molecule has 0 aliphatic rings. The van der Waals surface area contributed by atoms with Crippen molar-refractivity contribution in [1.29, 1.82) is 0 Å². The van der Waals surface area contributed by atoms with Crippen LogP contribution in [0.2, 0.25) is 0 Å². The highest BCUT2D eigenvalue weighted by molar-refractivity contribution is 7.98. The van der Waals surface area contributed by atoms with E-state index >= 15 is 0 Å². The molecular formula is C23H25N5OS. The molecule has 0 amide bonds. The van der Waals surface area contributed by atoms with Crippen molar-refractivity contribution in [3.8, 4) is 5.75 Å². The Hall–Kier alpha value is -3.06. The fourth-order valence-corrected chi connectivity index (χ4v) is 4.09. The van der Waals surface area contributed by atoms with Crippen LogP contribution in [0.5, 0.6) is 5.75 Å². The maximum absolute atomic E-state index is 6.16. The Morgan fingerprint density at radius 2 is 2.03 bits per heavy atom. The van der Waals surface area contributed by atoms with Crippen LogP contribution in [0.4, 0.5) is 0 Å². The zero-order chi connectivity index (χ0) is 21.1. The predicted molar refractivity (Wildman–Crippen MR) is 120 cm³/mol. The van der Waals surface area contributed by atoms with Crippen molar-refractivity contribution in [2.75, 3.05) is 0 Å². The van der Waals surface area contributed by atoms with Crippen molar-refractivity contribution in [3.63, 3.8) is 0 Å². The molecule has 1 aromatic carbocycles. The molecule has 1 unspecified atom stereocenters. The van der Waals surface area contributed by atoms with Crippen LogP contribution in [0.15, 0.2) is 66.6 Å². The number of rotatable bonds is 8. The molecule has 0 radical (unpaired) electrons. The first kappa shape index (κ1) is 20.2. The summed E-state index contributed by atoms with van der Waals surface area (Å²) in [7, 11) is 0. The standard InChI is InChI=1S/C23H25N5OS/c1-5-11-28-22(18(4)29-20-10-9-16(2)17(3)13-20)25-26-23(28)30-15-19-14-27-12-7-6-8-21(27)24-19/h5-10,12-14,18H,1,11,15H2,2-4H3. The van der Waals surface area contributed by atoms with E-state index in [0.29, 0.717) is 12.3 Å². The number of benzene rings is 1. The molecule has 0 saturated carbocycles. The number of aromatic nitrogens is 5. The lowest BCUT2D eigenvalue weighted by Crippen LogP contribution is -2.12. The summed E-state index contributed by atoms with van der Waals surface area (Å²) in [5, 5.41) is 9.66. The first-order valence-corrected chi connectivity index (χ1v) is 10.9. The molecule has 3 aromatic heterocycles. The van der Waals surface area contributed by atoms with Crippen LogP contribution in [-0.2, 0) is 12.3 Å². The highest BCUT2D eigenvalue weighted by Crippen LogP contribution is 2.27. The van der Waals surface area contributed by atoms with Gasteiger partial charge in [-0.15, -0.1) is 16.8 Å². The van der Waals surface area contributed by atoms with Gasteiger partial charge in [0.25, 0.3) is 0 Å². The Bertz CT molecular complexity index is 1150. The molecule has 4 aromatic rings. The molecule has 4 rings (SSSR count). The van der Waals surface area contributed by atoms with Gasteiger partial charge in [0.15, 0.2) is 17.1 Å². The van der Waals surface area contributed by atoms with Crippen LogP contribution in [0.25, 0.3) is 5.65 Å². The minimum atomic E-state index is -0.232. The normalized spacial score (nSPS) is 12.2. The molecule has 30 heavy (non-hydrogen) atoms. The smallest absolute Gasteiger partial charge is 0.192 e. The number of fused-ring (bicyclic) bond motifs is 1. The first-order valence-electron chi connectivity index (χ1n) is 9.88. The van der Waals surface area contributed by atoms with E-state index in [1.54, 1.807) is 11.8 Å². The average Bonchev–Trinajstić information content (AvgIpc) is 3.33. The van der Waals surface area contributed by atoms with E-state index in [1.165, 1.54) is 11.1 Å².